The number of amides is 2. The summed E-state index contributed by atoms with van der Waals surface area (Å²) in [6.45, 7) is -0.843. The first kappa shape index (κ1) is 15.7. The summed E-state index contributed by atoms with van der Waals surface area (Å²) in [7, 11) is 0. The maximum Gasteiger partial charge on any atom is 0.344 e. The molecule has 0 atom stereocenters. The topological polar surface area (TPSA) is 81.7 Å². The van der Waals surface area contributed by atoms with Crippen LogP contribution in [-0.4, -0.2) is 31.0 Å². The molecule has 7 heteroatoms. The van der Waals surface area contributed by atoms with E-state index in [1.54, 1.807) is 41.8 Å². The minimum Gasteiger partial charge on any atom is -0.482 e. The summed E-state index contributed by atoms with van der Waals surface area (Å²) in [4.78, 5) is 34.9. The lowest BCUT2D eigenvalue weighted by atomic mass is 10.3. The molecule has 0 unspecified atom stereocenters. The van der Waals surface area contributed by atoms with Crippen molar-refractivity contribution in [2.45, 2.75) is 0 Å². The minimum atomic E-state index is -0.692. The van der Waals surface area contributed by atoms with Crippen LogP contribution in [-0.2, 0) is 14.3 Å². The van der Waals surface area contributed by atoms with Gasteiger partial charge >= 0.3 is 5.97 Å². The lowest BCUT2D eigenvalue weighted by Crippen LogP contribution is -2.34. The molecule has 0 saturated carbocycles. The fourth-order valence-electron chi connectivity index (χ4n) is 1.48. The third kappa shape index (κ3) is 5.02. The van der Waals surface area contributed by atoms with Gasteiger partial charge in [0.2, 0.25) is 0 Å². The van der Waals surface area contributed by atoms with Crippen LogP contribution >= 0.6 is 11.3 Å². The monoisotopic (exact) mass is 319 g/mol. The van der Waals surface area contributed by atoms with E-state index in [1.807, 2.05) is 6.07 Å². The van der Waals surface area contributed by atoms with E-state index < -0.39 is 24.4 Å². The first-order valence-corrected chi connectivity index (χ1v) is 7.24. The van der Waals surface area contributed by atoms with E-state index in [9.17, 15) is 14.4 Å². The number of rotatable bonds is 6. The number of benzene rings is 1. The van der Waals surface area contributed by atoms with Gasteiger partial charge in [0.25, 0.3) is 11.8 Å². The van der Waals surface area contributed by atoms with Gasteiger partial charge in [-0.2, -0.15) is 0 Å². The number of para-hydroxylation sites is 1. The Labute approximate surface area is 130 Å². The van der Waals surface area contributed by atoms with Crippen molar-refractivity contribution >= 4 is 29.1 Å². The summed E-state index contributed by atoms with van der Waals surface area (Å²) < 4.78 is 9.89. The average Bonchev–Trinajstić information content (AvgIpc) is 3.06. The molecule has 0 fully saturated rings. The number of carbonyl (C=O) groups is 3. The predicted molar refractivity (Wildman–Crippen MR) is 79.7 cm³/mol. The maximum absolute atomic E-state index is 11.6. The van der Waals surface area contributed by atoms with Crippen molar-refractivity contribution in [2.75, 3.05) is 13.2 Å². The Morgan fingerprint density at radius 2 is 1.77 bits per heavy atom. The second kappa shape index (κ2) is 7.94. The van der Waals surface area contributed by atoms with Crippen molar-refractivity contribution in [1.82, 2.24) is 5.32 Å². The Bertz CT molecular complexity index is 639. The minimum absolute atomic E-state index is 0.309. The van der Waals surface area contributed by atoms with E-state index in [4.69, 9.17) is 9.47 Å². The molecule has 0 aliphatic heterocycles. The fraction of sp³-hybridized carbons (Fsp3) is 0.133. The molecule has 0 radical (unpaired) electrons. The van der Waals surface area contributed by atoms with Crippen LogP contribution in [0.3, 0.4) is 0 Å². The number of carbonyl (C=O) groups excluding carboxylic acids is 3. The third-order valence-corrected chi connectivity index (χ3v) is 3.33. The van der Waals surface area contributed by atoms with Crippen molar-refractivity contribution in [2.24, 2.45) is 0 Å². The molecule has 2 rings (SSSR count). The molecular formula is C15H13NO5S. The Morgan fingerprint density at radius 3 is 2.45 bits per heavy atom. The molecule has 0 aliphatic rings. The van der Waals surface area contributed by atoms with E-state index in [1.165, 1.54) is 11.3 Å². The van der Waals surface area contributed by atoms with Gasteiger partial charge < -0.3 is 9.47 Å². The normalized spacial score (nSPS) is 9.82. The largest absolute Gasteiger partial charge is 0.482 e. The molecule has 6 nitrogen and oxygen atoms in total. The van der Waals surface area contributed by atoms with Gasteiger partial charge in [0.15, 0.2) is 13.2 Å². The molecule has 2 aromatic rings. The zero-order valence-corrected chi connectivity index (χ0v) is 12.3. The van der Waals surface area contributed by atoms with Crippen LogP contribution in [0.4, 0.5) is 0 Å². The van der Waals surface area contributed by atoms with E-state index in [-0.39, 0.29) is 6.61 Å². The van der Waals surface area contributed by atoms with Crippen LogP contribution < -0.4 is 10.1 Å². The van der Waals surface area contributed by atoms with Gasteiger partial charge in [-0.25, -0.2) is 4.79 Å². The average molecular weight is 319 g/mol. The summed E-state index contributed by atoms with van der Waals surface area (Å²) in [6, 6.07) is 12.0. The molecule has 1 aromatic carbocycles. The van der Waals surface area contributed by atoms with Gasteiger partial charge in [0, 0.05) is 0 Å². The highest BCUT2D eigenvalue weighted by Crippen LogP contribution is 2.08. The number of nitrogens with one attached hydrogen (secondary N) is 1. The number of hydrogen-bond acceptors (Lipinski definition) is 6. The van der Waals surface area contributed by atoms with Crippen LogP contribution in [0.5, 0.6) is 5.75 Å². The zero-order chi connectivity index (χ0) is 15.8. The quantitative estimate of drug-likeness (QED) is 0.818. The number of ether oxygens (including phenoxy) is 2. The van der Waals surface area contributed by atoms with E-state index in [0.717, 1.165) is 0 Å². The molecule has 1 aromatic heterocycles. The van der Waals surface area contributed by atoms with Crippen LogP contribution in [0.2, 0.25) is 0 Å². The molecule has 1 heterocycles. The lowest BCUT2D eigenvalue weighted by molar-refractivity contribution is -0.150. The zero-order valence-electron chi connectivity index (χ0n) is 11.5. The smallest absolute Gasteiger partial charge is 0.344 e. The lowest BCUT2D eigenvalue weighted by Gasteiger charge is -2.06. The summed E-state index contributed by atoms with van der Waals surface area (Å²) in [5.74, 6) is -1.37. The summed E-state index contributed by atoms with van der Waals surface area (Å²) in [5.41, 5.74) is 0. The van der Waals surface area contributed by atoms with Crippen molar-refractivity contribution < 1.29 is 23.9 Å². The Balaban J connectivity index is 1.67. The van der Waals surface area contributed by atoms with Crippen LogP contribution in [0, 0.1) is 0 Å². The summed E-state index contributed by atoms with van der Waals surface area (Å²) in [6.07, 6.45) is 0. The van der Waals surface area contributed by atoms with Crippen molar-refractivity contribution in [3.63, 3.8) is 0 Å². The molecule has 0 spiro atoms. The van der Waals surface area contributed by atoms with Gasteiger partial charge in [0.05, 0.1) is 4.88 Å². The first-order chi connectivity index (χ1) is 10.6. The standard InChI is InChI=1S/C15H13NO5S/c17-13(16-15(19)12-7-4-8-22-12)9-21-14(18)10-20-11-5-2-1-3-6-11/h1-8H,9-10H2,(H,16,17,19). The Morgan fingerprint density at radius 1 is 1.00 bits per heavy atom. The highest BCUT2D eigenvalue weighted by atomic mass is 32.1. The molecular weight excluding hydrogens is 306 g/mol. The van der Waals surface area contributed by atoms with Gasteiger partial charge in [0.1, 0.15) is 5.75 Å². The van der Waals surface area contributed by atoms with E-state index in [0.29, 0.717) is 10.6 Å². The van der Waals surface area contributed by atoms with Crippen LogP contribution in [0.25, 0.3) is 0 Å². The van der Waals surface area contributed by atoms with Crippen molar-refractivity contribution in [3.05, 3.63) is 52.7 Å². The predicted octanol–water partition coefficient (Wildman–Crippen LogP) is 1.63. The second-order valence-electron chi connectivity index (χ2n) is 4.12. The van der Waals surface area contributed by atoms with Gasteiger partial charge in [-0.05, 0) is 23.6 Å². The summed E-state index contributed by atoms with van der Waals surface area (Å²) in [5, 5.41) is 3.85. The number of thiophene rings is 1. The SMILES string of the molecule is O=C(COC(=O)COc1ccccc1)NC(=O)c1cccs1. The van der Waals surface area contributed by atoms with Crippen LogP contribution in [0.1, 0.15) is 9.67 Å². The fourth-order valence-corrected chi connectivity index (χ4v) is 2.10. The van der Waals surface area contributed by atoms with Crippen LogP contribution in [0.15, 0.2) is 47.8 Å². The summed E-state index contributed by atoms with van der Waals surface area (Å²) >= 11 is 1.21. The van der Waals surface area contributed by atoms with Gasteiger partial charge in [-0.15, -0.1) is 11.3 Å². The molecule has 2 amide bonds. The highest BCUT2D eigenvalue weighted by Gasteiger charge is 2.13. The van der Waals surface area contributed by atoms with Crippen molar-refractivity contribution in [1.29, 1.82) is 0 Å². The molecule has 114 valence electrons. The number of hydrogen-bond donors (Lipinski definition) is 1. The first-order valence-electron chi connectivity index (χ1n) is 6.36. The highest BCUT2D eigenvalue weighted by molar-refractivity contribution is 7.12. The van der Waals surface area contributed by atoms with Gasteiger partial charge in [-0.1, -0.05) is 24.3 Å². The number of imide groups is 1. The van der Waals surface area contributed by atoms with Crippen molar-refractivity contribution in [3.8, 4) is 5.75 Å². The van der Waals surface area contributed by atoms with E-state index in [2.05, 4.69) is 5.32 Å². The molecule has 0 aliphatic carbocycles. The molecule has 22 heavy (non-hydrogen) atoms. The Kier molecular flexibility index (Phi) is 5.67. The molecule has 1 N–H and O–H groups in total. The molecule has 0 saturated heterocycles. The third-order valence-electron chi connectivity index (χ3n) is 2.46. The maximum atomic E-state index is 11.6. The second-order valence-corrected chi connectivity index (χ2v) is 5.06. The van der Waals surface area contributed by atoms with E-state index >= 15 is 0 Å². The van der Waals surface area contributed by atoms with Gasteiger partial charge in [-0.3, -0.25) is 14.9 Å². The molecule has 0 bridgehead atoms. The Hall–Kier alpha value is -2.67. The number of esters is 1.